The highest BCUT2D eigenvalue weighted by molar-refractivity contribution is 5.97. The highest BCUT2D eigenvalue weighted by Crippen LogP contribution is 2.40. The summed E-state index contributed by atoms with van der Waals surface area (Å²) >= 11 is 0. The van der Waals surface area contributed by atoms with Crippen molar-refractivity contribution in [1.29, 1.82) is 0 Å². The summed E-state index contributed by atoms with van der Waals surface area (Å²) in [6.45, 7) is 6.80. The standard InChI is InChI=1S/C21H26N2O3/c1-14-15(2)26-20-16(14)7-5-8-17(20)21(24)22-13-18(19-9-6-12-25-19)23-10-3-4-11-23/h5-9,12,14-15,18H,3-4,10-11,13H2,1-2H3,(H,22,24)/t14-,15-,18-/m0/s1. The SMILES string of the molecule is C[C@@H]1Oc2c(C(=O)NC[C@@H](c3ccco3)N3CCCC3)cccc2[C@H]1C. The number of hydrogen-bond donors (Lipinski definition) is 1. The van der Waals surface area contributed by atoms with Crippen LogP contribution in [0.2, 0.25) is 0 Å². The Hall–Kier alpha value is -2.27. The zero-order valence-electron chi connectivity index (χ0n) is 15.4. The average molecular weight is 354 g/mol. The highest BCUT2D eigenvalue weighted by atomic mass is 16.5. The van der Waals surface area contributed by atoms with Crippen molar-refractivity contribution in [2.45, 2.75) is 44.8 Å². The molecule has 5 nitrogen and oxygen atoms in total. The van der Waals surface area contributed by atoms with Gasteiger partial charge in [0.05, 0.1) is 17.9 Å². The van der Waals surface area contributed by atoms with E-state index in [1.54, 1.807) is 6.26 Å². The molecule has 138 valence electrons. The number of amides is 1. The van der Waals surface area contributed by atoms with Crippen LogP contribution in [-0.2, 0) is 0 Å². The molecule has 0 aliphatic carbocycles. The Morgan fingerprint density at radius 1 is 1.23 bits per heavy atom. The normalized spacial score (nSPS) is 23.5. The molecule has 0 spiro atoms. The Morgan fingerprint density at radius 2 is 2.04 bits per heavy atom. The molecule has 0 saturated carbocycles. The lowest BCUT2D eigenvalue weighted by Crippen LogP contribution is -2.36. The number of furan rings is 1. The van der Waals surface area contributed by atoms with Gasteiger partial charge in [0.2, 0.25) is 0 Å². The van der Waals surface area contributed by atoms with Crippen molar-refractivity contribution in [2.24, 2.45) is 0 Å². The van der Waals surface area contributed by atoms with Crippen molar-refractivity contribution >= 4 is 5.91 Å². The lowest BCUT2D eigenvalue weighted by Gasteiger charge is -2.26. The van der Waals surface area contributed by atoms with E-state index in [0.29, 0.717) is 18.0 Å². The third-order valence-corrected chi connectivity index (χ3v) is 5.70. The Labute approximate surface area is 154 Å². The van der Waals surface area contributed by atoms with Crippen LogP contribution in [0.3, 0.4) is 0 Å². The first kappa shape index (κ1) is 17.2. The van der Waals surface area contributed by atoms with E-state index < -0.39 is 0 Å². The molecule has 2 aliphatic heterocycles. The minimum atomic E-state index is -0.0843. The van der Waals surface area contributed by atoms with Gasteiger partial charge in [-0.2, -0.15) is 0 Å². The minimum Gasteiger partial charge on any atom is -0.489 e. The molecule has 1 aromatic heterocycles. The second-order valence-electron chi connectivity index (χ2n) is 7.32. The summed E-state index contributed by atoms with van der Waals surface area (Å²) in [6, 6.07) is 9.80. The van der Waals surface area contributed by atoms with Crippen molar-refractivity contribution < 1.29 is 13.9 Å². The molecule has 26 heavy (non-hydrogen) atoms. The smallest absolute Gasteiger partial charge is 0.255 e. The van der Waals surface area contributed by atoms with Gasteiger partial charge in [0.15, 0.2) is 0 Å². The zero-order chi connectivity index (χ0) is 18.1. The van der Waals surface area contributed by atoms with Gasteiger partial charge in [0, 0.05) is 18.0 Å². The summed E-state index contributed by atoms with van der Waals surface area (Å²) in [6.07, 6.45) is 4.18. The van der Waals surface area contributed by atoms with E-state index in [0.717, 1.165) is 30.2 Å². The predicted molar refractivity (Wildman–Crippen MR) is 99.5 cm³/mol. The average Bonchev–Trinajstić information content (AvgIpc) is 3.39. The third kappa shape index (κ3) is 3.12. The van der Waals surface area contributed by atoms with Gasteiger partial charge in [0.25, 0.3) is 5.91 Å². The summed E-state index contributed by atoms with van der Waals surface area (Å²) in [4.78, 5) is 15.3. The number of likely N-dealkylation sites (tertiary alicyclic amines) is 1. The maximum atomic E-state index is 12.9. The number of rotatable bonds is 5. The van der Waals surface area contributed by atoms with Gasteiger partial charge in [0.1, 0.15) is 17.6 Å². The molecule has 0 radical (unpaired) electrons. The molecule has 1 aromatic carbocycles. The summed E-state index contributed by atoms with van der Waals surface area (Å²) in [5.41, 5.74) is 1.74. The molecule has 1 amide bonds. The van der Waals surface area contributed by atoms with E-state index in [-0.39, 0.29) is 18.1 Å². The van der Waals surface area contributed by atoms with Gasteiger partial charge >= 0.3 is 0 Å². The van der Waals surface area contributed by atoms with Crippen molar-refractivity contribution in [3.05, 3.63) is 53.5 Å². The van der Waals surface area contributed by atoms with E-state index in [9.17, 15) is 4.79 Å². The molecule has 1 saturated heterocycles. The van der Waals surface area contributed by atoms with E-state index >= 15 is 0 Å². The molecule has 4 rings (SSSR count). The van der Waals surface area contributed by atoms with Crippen molar-refractivity contribution in [2.75, 3.05) is 19.6 Å². The van der Waals surface area contributed by atoms with Crippen LogP contribution >= 0.6 is 0 Å². The highest BCUT2D eigenvalue weighted by Gasteiger charge is 2.32. The van der Waals surface area contributed by atoms with E-state index in [1.807, 2.05) is 31.2 Å². The molecule has 3 heterocycles. The predicted octanol–water partition coefficient (Wildman–Crippen LogP) is 3.73. The van der Waals surface area contributed by atoms with Crippen molar-refractivity contribution in [3.63, 3.8) is 0 Å². The van der Waals surface area contributed by atoms with Gasteiger partial charge in [-0.25, -0.2) is 0 Å². The van der Waals surface area contributed by atoms with Gasteiger partial charge in [-0.3, -0.25) is 9.69 Å². The maximum absolute atomic E-state index is 12.9. The fraction of sp³-hybridized carbons (Fsp3) is 0.476. The van der Waals surface area contributed by atoms with Crippen LogP contribution < -0.4 is 10.1 Å². The molecule has 2 aliphatic rings. The van der Waals surface area contributed by atoms with Gasteiger partial charge in [-0.15, -0.1) is 0 Å². The van der Waals surface area contributed by atoms with Crippen LogP contribution in [-0.4, -0.2) is 36.5 Å². The lowest BCUT2D eigenvalue weighted by molar-refractivity contribution is 0.0929. The fourth-order valence-corrected chi connectivity index (χ4v) is 3.99. The quantitative estimate of drug-likeness (QED) is 0.889. The summed E-state index contributed by atoms with van der Waals surface area (Å²) in [7, 11) is 0. The summed E-state index contributed by atoms with van der Waals surface area (Å²) in [5.74, 6) is 1.86. The Balaban J connectivity index is 1.50. The first-order valence-electron chi connectivity index (χ1n) is 9.50. The van der Waals surface area contributed by atoms with Crippen LogP contribution in [0, 0.1) is 0 Å². The van der Waals surface area contributed by atoms with Crippen LogP contribution in [0.15, 0.2) is 41.0 Å². The number of nitrogens with one attached hydrogen (secondary N) is 1. The Bertz CT molecular complexity index is 766. The topological polar surface area (TPSA) is 54.7 Å². The molecule has 0 bridgehead atoms. The minimum absolute atomic E-state index is 0.0759. The van der Waals surface area contributed by atoms with Crippen molar-refractivity contribution in [3.8, 4) is 5.75 Å². The number of fused-ring (bicyclic) bond motifs is 1. The largest absolute Gasteiger partial charge is 0.489 e. The molecule has 1 fully saturated rings. The number of nitrogens with zero attached hydrogens (tertiary/aromatic N) is 1. The van der Waals surface area contributed by atoms with Gasteiger partial charge in [-0.1, -0.05) is 19.1 Å². The molecular weight excluding hydrogens is 328 g/mol. The van der Waals surface area contributed by atoms with Gasteiger partial charge in [-0.05, 0) is 51.1 Å². The third-order valence-electron chi connectivity index (χ3n) is 5.70. The van der Waals surface area contributed by atoms with Crippen LogP contribution in [0.5, 0.6) is 5.75 Å². The number of hydrogen-bond acceptors (Lipinski definition) is 4. The molecular formula is C21H26N2O3. The van der Waals surface area contributed by atoms with Crippen LogP contribution in [0.4, 0.5) is 0 Å². The Morgan fingerprint density at radius 3 is 2.77 bits per heavy atom. The molecule has 2 aromatic rings. The van der Waals surface area contributed by atoms with Crippen LogP contribution in [0.25, 0.3) is 0 Å². The molecule has 5 heteroatoms. The second-order valence-corrected chi connectivity index (χ2v) is 7.32. The Kier molecular flexibility index (Phi) is 4.72. The van der Waals surface area contributed by atoms with Crippen molar-refractivity contribution in [1.82, 2.24) is 10.2 Å². The van der Waals surface area contributed by atoms with Gasteiger partial charge < -0.3 is 14.5 Å². The first-order valence-corrected chi connectivity index (χ1v) is 9.50. The molecule has 0 unspecified atom stereocenters. The van der Waals surface area contributed by atoms with E-state index in [1.165, 1.54) is 12.8 Å². The van der Waals surface area contributed by atoms with E-state index in [2.05, 4.69) is 23.2 Å². The lowest BCUT2D eigenvalue weighted by atomic mass is 9.97. The molecule has 1 N–H and O–H groups in total. The second kappa shape index (κ2) is 7.16. The number of ether oxygens (including phenoxy) is 1. The number of para-hydroxylation sites is 1. The fourth-order valence-electron chi connectivity index (χ4n) is 3.99. The monoisotopic (exact) mass is 354 g/mol. The maximum Gasteiger partial charge on any atom is 0.255 e. The number of benzene rings is 1. The number of carbonyl (C=O) groups excluding carboxylic acids is 1. The first-order chi connectivity index (χ1) is 12.6. The molecule has 3 atom stereocenters. The summed E-state index contributed by atoms with van der Waals surface area (Å²) in [5, 5.41) is 3.10. The number of carbonyl (C=O) groups is 1. The van der Waals surface area contributed by atoms with E-state index in [4.69, 9.17) is 9.15 Å². The van der Waals surface area contributed by atoms with Crippen LogP contribution in [0.1, 0.15) is 60.3 Å². The summed E-state index contributed by atoms with van der Waals surface area (Å²) < 4.78 is 11.6. The zero-order valence-corrected chi connectivity index (χ0v) is 15.4.